The molecule has 0 saturated carbocycles. The standard InChI is InChI=1S/C11H9ClN4S/c12-8-2-1-4-16-11(8)17-9-6-15-5-3-7(9)10(13)14/h1-6H,(H3,13,14). The molecule has 6 heteroatoms. The van der Waals surface area contributed by atoms with Crippen LogP contribution < -0.4 is 5.73 Å². The molecule has 0 saturated heterocycles. The first-order valence-corrected chi connectivity index (χ1v) is 5.94. The van der Waals surface area contributed by atoms with Gasteiger partial charge >= 0.3 is 0 Å². The lowest BCUT2D eigenvalue weighted by atomic mass is 10.2. The Balaban J connectivity index is 2.37. The molecular weight excluding hydrogens is 256 g/mol. The van der Waals surface area contributed by atoms with Gasteiger partial charge in [-0.1, -0.05) is 23.4 Å². The van der Waals surface area contributed by atoms with Gasteiger partial charge in [0.2, 0.25) is 0 Å². The van der Waals surface area contributed by atoms with E-state index in [4.69, 9.17) is 22.7 Å². The van der Waals surface area contributed by atoms with Gasteiger partial charge in [0.05, 0.1) is 5.02 Å². The van der Waals surface area contributed by atoms with E-state index in [1.807, 2.05) is 0 Å². The summed E-state index contributed by atoms with van der Waals surface area (Å²) in [6.45, 7) is 0. The fourth-order valence-electron chi connectivity index (χ4n) is 1.23. The van der Waals surface area contributed by atoms with Crippen LogP contribution in [0.1, 0.15) is 5.56 Å². The molecule has 0 aliphatic rings. The largest absolute Gasteiger partial charge is 0.384 e. The number of nitrogen functional groups attached to an aromatic ring is 1. The van der Waals surface area contributed by atoms with Crippen LogP contribution >= 0.6 is 23.4 Å². The Labute approximate surface area is 108 Å². The number of aromatic nitrogens is 2. The maximum Gasteiger partial charge on any atom is 0.124 e. The molecule has 2 rings (SSSR count). The highest BCUT2D eigenvalue weighted by molar-refractivity contribution is 7.99. The molecule has 0 radical (unpaired) electrons. The first-order chi connectivity index (χ1) is 8.18. The molecule has 0 unspecified atom stereocenters. The molecule has 2 aromatic rings. The average Bonchev–Trinajstić information content (AvgIpc) is 2.32. The lowest BCUT2D eigenvalue weighted by molar-refractivity contribution is 1.12. The van der Waals surface area contributed by atoms with Crippen LogP contribution in [0.2, 0.25) is 5.02 Å². The molecule has 86 valence electrons. The quantitative estimate of drug-likeness (QED) is 0.660. The summed E-state index contributed by atoms with van der Waals surface area (Å²) in [6.07, 6.45) is 4.91. The second-order valence-corrected chi connectivity index (χ2v) is 4.62. The molecule has 4 nitrogen and oxygen atoms in total. The SMILES string of the molecule is N=C(N)c1ccncc1Sc1ncccc1Cl. The molecule has 0 aliphatic carbocycles. The molecule has 0 amide bonds. The Morgan fingerprint density at radius 1 is 1.35 bits per heavy atom. The smallest absolute Gasteiger partial charge is 0.124 e. The minimum Gasteiger partial charge on any atom is -0.384 e. The molecule has 0 atom stereocenters. The normalized spacial score (nSPS) is 10.2. The highest BCUT2D eigenvalue weighted by atomic mass is 35.5. The fraction of sp³-hybridized carbons (Fsp3) is 0. The van der Waals surface area contributed by atoms with E-state index < -0.39 is 0 Å². The van der Waals surface area contributed by atoms with Crippen LogP contribution in [-0.2, 0) is 0 Å². The third-order valence-corrected chi connectivity index (χ3v) is 3.49. The molecule has 3 N–H and O–H groups in total. The number of pyridine rings is 2. The van der Waals surface area contributed by atoms with Gasteiger partial charge in [0.15, 0.2) is 0 Å². The second kappa shape index (κ2) is 5.16. The van der Waals surface area contributed by atoms with E-state index in [1.54, 1.807) is 36.8 Å². The molecule has 2 aromatic heterocycles. The van der Waals surface area contributed by atoms with Crippen molar-refractivity contribution >= 4 is 29.2 Å². The van der Waals surface area contributed by atoms with E-state index in [1.165, 1.54) is 11.8 Å². The van der Waals surface area contributed by atoms with Gasteiger partial charge in [0.25, 0.3) is 0 Å². The van der Waals surface area contributed by atoms with Crippen molar-refractivity contribution in [3.63, 3.8) is 0 Å². The van der Waals surface area contributed by atoms with Crippen LogP contribution in [-0.4, -0.2) is 15.8 Å². The average molecular weight is 265 g/mol. The maximum atomic E-state index is 7.48. The predicted octanol–water partition coefficient (Wildman–Crippen LogP) is 2.57. The number of nitrogens with one attached hydrogen (secondary N) is 1. The van der Waals surface area contributed by atoms with Crippen LogP contribution in [0.3, 0.4) is 0 Å². The van der Waals surface area contributed by atoms with Crippen molar-refractivity contribution in [2.24, 2.45) is 5.73 Å². The summed E-state index contributed by atoms with van der Waals surface area (Å²) < 4.78 is 0. The molecule has 0 spiro atoms. The van der Waals surface area contributed by atoms with Crippen LogP contribution in [0.25, 0.3) is 0 Å². The lowest BCUT2D eigenvalue weighted by Gasteiger charge is -2.06. The van der Waals surface area contributed by atoms with Crippen LogP contribution in [0.4, 0.5) is 0 Å². The Morgan fingerprint density at radius 2 is 2.18 bits per heavy atom. The number of halogens is 1. The Bertz CT molecular complexity index is 559. The van der Waals surface area contributed by atoms with Crippen molar-refractivity contribution < 1.29 is 0 Å². The zero-order valence-electron chi connectivity index (χ0n) is 8.72. The van der Waals surface area contributed by atoms with Crippen molar-refractivity contribution in [2.45, 2.75) is 9.92 Å². The van der Waals surface area contributed by atoms with Crippen molar-refractivity contribution in [1.82, 2.24) is 9.97 Å². The van der Waals surface area contributed by atoms with Gasteiger partial charge in [0.1, 0.15) is 10.9 Å². The molecule has 17 heavy (non-hydrogen) atoms. The zero-order chi connectivity index (χ0) is 12.3. The number of hydrogen-bond acceptors (Lipinski definition) is 4. The monoisotopic (exact) mass is 264 g/mol. The summed E-state index contributed by atoms with van der Waals surface area (Å²) in [5, 5.41) is 8.72. The zero-order valence-corrected chi connectivity index (χ0v) is 10.3. The van der Waals surface area contributed by atoms with Gasteiger partial charge in [-0.05, 0) is 18.2 Å². The molecule has 2 heterocycles. The Hall–Kier alpha value is -1.59. The van der Waals surface area contributed by atoms with E-state index in [-0.39, 0.29) is 5.84 Å². The summed E-state index contributed by atoms with van der Waals surface area (Å²) in [6, 6.07) is 5.23. The minimum atomic E-state index is 0.00181. The van der Waals surface area contributed by atoms with E-state index in [0.717, 1.165) is 4.90 Å². The number of rotatable bonds is 3. The van der Waals surface area contributed by atoms with Gasteiger partial charge < -0.3 is 5.73 Å². The summed E-state index contributed by atoms with van der Waals surface area (Å²) >= 11 is 7.36. The Kier molecular flexibility index (Phi) is 3.61. The van der Waals surface area contributed by atoms with E-state index in [9.17, 15) is 0 Å². The third kappa shape index (κ3) is 2.75. The highest BCUT2D eigenvalue weighted by Gasteiger charge is 2.09. The van der Waals surface area contributed by atoms with Crippen molar-refractivity contribution in [3.05, 3.63) is 47.4 Å². The van der Waals surface area contributed by atoms with Gasteiger partial charge in [-0.3, -0.25) is 10.4 Å². The summed E-state index contributed by atoms with van der Waals surface area (Å²) in [4.78, 5) is 8.94. The molecule has 0 bridgehead atoms. The highest BCUT2D eigenvalue weighted by Crippen LogP contribution is 2.32. The number of hydrogen-bond donors (Lipinski definition) is 2. The first kappa shape index (κ1) is 11.9. The van der Waals surface area contributed by atoms with Gasteiger partial charge in [-0.25, -0.2) is 4.98 Å². The van der Waals surface area contributed by atoms with Crippen LogP contribution in [0, 0.1) is 5.41 Å². The first-order valence-electron chi connectivity index (χ1n) is 4.75. The van der Waals surface area contributed by atoms with Crippen molar-refractivity contribution in [1.29, 1.82) is 5.41 Å². The van der Waals surface area contributed by atoms with E-state index >= 15 is 0 Å². The van der Waals surface area contributed by atoms with E-state index in [2.05, 4.69) is 9.97 Å². The van der Waals surface area contributed by atoms with Gasteiger partial charge in [0, 0.05) is 29.0 Å². The van der Waals surface area contributed by atoms with Gasteiger partial charge in [-0.2, -0.15) is 0 Å². The number of nitrogens with two attached hydrogens (primary N) is 1. The van der Waals surface area contributed by atoms with Crippen LogP contribution in [0.5, 0.6) is 0 Å². The molecular formula is C11H9ClN4S. The minimum absolute atomic E-state index is 0.00181. The lowest BCUT2D eigenvalue weighted by Crippen LogP contribution is -2.12. The molecule has 0 aromatic carbocycles. The van der Waals surface area contributed by atoms with E-state index in [0.29, 0.717) is 15.6 Å². The Morgan fingerprint density at radius 3 is 2.88 bits per heavy atom. The number of nitrogens with zero attached hydrogens (tertiary/aromatic N) is 2. The molecule has 0 fully saturated rings. The summed E-state index contributed by atoms with van der Waals surface area (Å²) in [7, 11) is 0. The topological polar surface area (TPSA) is 75.7 Å². The van der Waals surface area contributed by atoms with Crippen molar-refractivity contribution in [3.8, 4) is 0 Å². The third-order valence-electron chi connectivity index (χ3n) is 2.01. The van der Waals surface area contributed by atoms with Crippen molar-refractivity contribution in [2.75, 3.05) is 0 Å². The predicted molar refractivity (Wildman–Crippen MR) is 68.6 cm³/mol. The van der Waals surface area contributed by atoms with Crippen LogP contribution in [0.15, 0.2) is 46.7 Å². The summed E-state index contributed by atoms with van der Waals surface area (Å²) in [5.41, 5.74) is 6.13. The van der Waals surface area contributed by atoms with Gasteiger partial charge in [-0.15, -0.1) is 0 Å². The summed E-state index contributed by atoms with van der Waals surface area (Å²) in [5.74, 6) is 0.00181. The fourth-order valence-corrected chi connectivity index (χ4v) is 2.36. The second-order valence-electron chi connectivity index (χ2n) is 3.18. The number of amidine groups is 1. The maximum absolute atomic E-state index is 7.48. The molecule has 0 aliphatic heterocycles.